The summed E-state index contributed by atoms with van der Waals surface area (Å²) in [4.78, 5) is 0. The monoisotopic (exact) mass is 257 g/mol. The van der Waals surface area contributed by atoms with Crippen molar-refractivity contribution in [3.63, 3.8) is 0 Å². The van der Waals surface area contributed by atoms with Gasteiger partial charge in [0.05, 0.1) is 0 Å². The third-order valence-electron chi connectivity index (χ3n) is 2.77. The number of nitrogens with zero attached hydrogens (tertiary/aromatic N) is 2. The van der Waals surface area contributed by atoms with Crippen molar-refractivity contribution < 1.29 is 0 Å². The minimum absolute atomic E-state index is 0.441. The maximum atomic E-state index is 5.69. The van der Waals surface area contributed by atoms with Gasteiger partial charge in [0.2, 0.25) is 0 Å². The SMILES string of the molecule is CCSC1CCC(Nc2ccc(Cl)nn2)C1. The Labute approximate surface area is 105 Å². The molecule has 1 heterocycles. The predicted molar refractivity (Wildman–Crippen MR) is 70.2 cm³/mol. The number of aromatic nitrogens is 2. The van der Waals surface area contributed by atoms with Gasteiger partial charge in [-0.2, -0.15) is 11.8 Å². The van der Waals surface area contributed by atoms with Crippen LogP contribution < -0.4 is 5.32 Å². The van der Waals surface area contributed by atoms with Crippen molar-refractivity contribution in [2.24, 2.45) is 0 Å². The Morgan fingerprint density at radius 2 is 2.31 bits per heavy atom. The molecular formula is C11H16ClN3S. The third-order valence-corrected chi connectivity index (χ3v) is 4.21. The molecule has 1 aromatic heterocycles. The molecule has 1 aromatic rings. The van der Waals surface area contributed by atoms with Gasteiger partial charge in [-0.1, -0.05) is 18.5 Å². The highest BCUT2D eigenvalue weighted by Crippen LogP contribution is 2.31. The minimum atomic E-state index is 0.441. The second-order valence-corrected chi connectivity index (χ2v) is 5.94. The molecule has 5 heteroatoms. The number of hydrogen-bond donors (Lipinski definition) is 1. The van der Waals surface area contributed by atoms with Crippen molar-refractivity contribution in [1.82, 2.24) is 10.2 Å². The number of anilines is 1. The largest absolute Gasteiger partial charge is 0.366 e. The lowest BCUT2D eigenvalue weighted by Gasteiger charge is -2.12. The molecule has 0 amide bonds. The first-order chi connectivity index (χ1) is 7.78. The molecule has 2 rings (SSSR count). The molecule has 0 saturated heterocycles. The quantitative estimate of drug-likeness (QED) is 0.899. The van der Waals surface area contributed by atoms with Gasteiger partial charge in [0.1, 0.15) is 5.82 Å². The number of thioether (sulfide) groups is 1. The highest BCUT2D eigenvalue weighted by molar-refractivity contribution is 7.99. The summed E-state index contributed by atoms with van der Waals surface area (Å²) >= 11 is 7.75. The van der Waals surface area contributed by atoms with E-state index in [2.05, 4.69) is 34.2 Å². The van der Waals surface area contributed by atoms with Crippen LogP contribution in [0.3, 0.4) is 0 Å². The van der Waals surface area contributed by atoms with Crippen LogP contribution in [0.2, 0.25) is 5.15 Å². The molecule has 1 fully saturated rings. The van der Waals surface area contributed by atoms with Crippen LogP contribution >= 0.6 is 23.4 Å². The summed E-state index contributed by atoms with van der Waals surface area (Å²) < 4.78 is 0. The Bertz CT molecular complexity index is 331. The van der Waals surface area contributed by atoms with Crippen LogP contribution in [-0.2, 0) is 0 Å². The molecule has 1 N–H and O–H groups in total. The molecule has 1 aliphatic carbocycles. The number of halogens is 1. The molecule has 0 spiro atoms. The van der Waals surface area contributed by atoms with Gasteiger partial charge >= 0.3 is 0 Å². The maximum absolute atomic E-state index is 5.69. The zero-order chi connectivity index (χ0) is 11.4. The number of hydrogen-bond acceptors (Lipinski definition) is 4. The lowest BCUT2D eigenvalue weighted by Crippen LogP contribution is -2.17. The molecule has 1 saturated carbocycles. The Hall–Kier alpha value is -0.480. The molecule has 88 valence electrons. The highest BCUT2D eigenvalue weighted by atomic mass is 35.5. The van der Waals surface area contributed by atoms with Crippen molar-refractivity contribution in [2.45, 2.75) is 37.5 Å². The van der Waals surface area contributed by atoms with E-state index in [4.69, 9.17) is 11.6 Å². The number of nitrogens with one attached hydrogen (secondary N) is 1. The van der Waals surface area contributed by atoms with Crippen LogP contribution in [0.1, 0.15) is 26.2 Å². The summed E-state index contributed by atoms with van der Waals surface area (Å²) in [5.74, 6) is 2.04. The summed E-state index contributed by atoms with van der Waals surface area (Å²) in [5.41, 5.74) is 0. The highest BCUT2D eigenvalue weighted by Gasteiger charge is 2.24. The molecule has 1 aliphatic rings. The Balaban J connectivity index is 1.84. The van der Waals surface area contributed by atoms with Gasteiger partial charge in [-0.15, -0.1) is 10.2 Å². The van der Waals surface area contributed by atoms with Gasteiger partial charge in [0, 0.05) is 11.3 Å². The van der Waals surface area contributed by atoms with E-state index in [-0.39, 0.29) is 0 Å². The first-order valence-electron chi connectivity index (χ1n) is 5.65. The molecule has 0 aromatic carbocycles. The molecule has 0 aliphatic heterocycles. The lowest BCUT2D eigenvalue weighted by molar-refractivity contribution is 0.747. The zero-order valence-corrected chi connectivity index (χ0v) is 10.9. The summed E-state index contributed by atoms with van der Waals surface area (Å²) in [6, 6.07) is 4.19. The molecule has 2 atom stereocenters. The van der Waals surface area contributed by atoms with Crippen LogP contribution in [0.25, 0.3) is 0 Å². The van der Waals surface area contributed by atoms with Crippen molar-refractivity contribution >= 4 is 29.2 Å². The van der Waals surface area contributed by atoms with Crippen LogP contribution in [-0.4, -0.2) is 27.2 Å². The molecule has 0 bridgehead atoms. The van der Waals surface area contributed by atoms with E-state index in [1.807, 2.05) is 6.07 Å². The van der Waals surface area contributed by atoms with Crippen LogP contribution in [0.4, 0.5) is 5.82 Å². The van der Waals surface area contributed by atoms with E-state index in [1.54, 1.807) is 6.07 Å². The summed E-state index contributed by atoms with van der Waals surface area (Å²) in [5, 5.41) is 12.5. The third kappa shape index (κ3) is 3.25. The topological polar surface area (TPSA) is 37.8 Å². The smallest absolute Gasteiger partial charge is 0.151 e. The van der Waals surface area contributed by atoms with E-state index in [0.717, 1.165) is 11.1 Å². The summed E-state index contributed by atoms with van der Waals surface area (Å²) in [7, 11) is 0. The predicted octanol–water partition coefficient (Wildman–Crippen LogP) is 3.22. The average Bonchev–Trinajstić information content (AvgIpc) is 2.70. The summed E-state index contributed by atoms with van der Waals surface area (Å²) in [6.45, 7) is 2.22. The van der Waals surface area contributed by atoms with E-state index >= 15 is 0 Å². The van der Waals surface area contributed by atoms with E-state index in [9.17, 15) is 0 Å². The van der Waals surface area contributed by atoms with E-state index < -0.39 is 0 Å². The standard InChI is InChI=1S/C11H16ClN3S/c1-2-16-9-4-3-8(7-9)13-11-6-5-10(12)14-15-11/h5-6,8-9H,2-4,7H2,1H3,(H,13,15). The maximum Gasteiger partial charge on any atom is 0.151 e. The second kappa shape index (κ2) is 5.73. The molecule has 2 unspecified atom stereocenters. The van der Waals surface area contributed by atoms with E-state index in [0.29, 0.717) is 11.2 Å². The van der Waals surface area contributed by atoms with Crippen LogP contribution in [0.5, 0.6) is 0 Å². The van der Waals surface area contributed by atoms with Gasteiger partial charge in [0.15, 0.2) is 5.15 Å². The van der Waals surface area contributed by atoms with Gasteiger partial charge in [-0.3, -0.25) is 0 Å². The van der Waals surface area contributed by atoms with Crippen molar-refractivity contribution in [3.05, 3.63) is 17.3 Å². The zero-order valence-electron chi connectivity index (χ0n) is 9.32. The van der Waals surface area contributed by atoms with Crippen molar-refractivity contribution in [1.29, 1.82) is 0 Å². The summed E-state index contributed by atoms with van der Waals surface area (Å²) in [6.07, 6.45) is 3.75. The fourth-order valence-electron chi connectivity index (χ4n) is 2.06. The fourth-order valence-corrected chi connectivity index (χ4v) is 3.30. The average molecular weight is 258 g/mol. The van der Waals surface area contributed by atoms with E-state index in [1.165, 1.54) is 25.0 Å². The van der Waals surface area contributed by atoms with Gasteiger partial charge in [-0.05, 0) is 37.1 Å². The Morgan fingerprint density at radius 3 is 3.00 bits per heavy atom. The van der Waals surface area contributed by atoms with Crippen molar-refractivity contribution in [3.8, 4) is 0 Å². The molecular weight excluding hydrogens is 242 g/mol. The van der Waals surface area contributed by atoms with Crippen LogP contribution in [0.15, 0.2) is 12.1 Å². The van der Waals surface area contributed by atoms with Gasteiger partial charge < -0.3 is 5.32 Å². The first kappa shape index (κ1) is 12.0. The Morgan fingerprint density at radius 1 is 1.44 bits per heavy atom. The van der Waals surface area contributed by atoms with Crippen molar-refractivity contribution in [2.75, 3.05) is 11.1 Å². The minimum Gasteiger partial charge on any atom is -0.366 e. The second-order valence-electron chi connectivity index (χ2n) is 3.97. The first-order valence-corrected chi connectivity index (χ1v) is 7.08. The Kier molecular flexibility index (Phi) is 4.29. The lowest BCUT2D eigenvalue weighted by atomic mass is 10.2. The normalized spacial score (nSPS) is 24.6. The molecule has 0 radical (unpaired) electrons. The number of rotatable bonds is 4. The van der Waals surface area contributed by atoms with Crippen LogP contribution in [0, 0.1) is 0 Å². The van der Waals surface area contributed by atoms with Gasteiger partial charge in [-0.25, -0.2) is 0 Å². The molecule has 16 heavy (non-hydrogen) atoms. The van der Waals surface area contributed by atoms with Gasteiger partial charge in [0.25, 0.3) is 0 Å². The molecule has 3 nitrogen and oxygen atoms in total. The fraction of sp³-hybridized carbons (Fsp3) is 0.636.